The first-order valence-corrected chi connectivity index (χ1v) is 9.08. The summed E-state index contributed by atoms with van der Waals surface area (Å²) >= 11 is 0. The van der Waals surface area contributed by atoms with Crippen molar-refractivity contribution in [3.63, 3.8) is 0 Å². The van der Waals surface area contributed by atoms with Crippen molar-refractivity contribution in [1.29, 1.82) is 0 Å². The SMILES string of the molecule is NCCCCCCc1cccc2c1C(=O)N(C1CCC(=O)NC1=O)C2=O. The summed E-state index contributed by atoms with van der Waals surface area (Å²) in [7, 11) is 0. The van der Waals surface area contributed by atoms with Crippen LogP contribution in [0.25, 0.3) is 0 Å². The number of imide groups is 2. The zero-order valence-corrected chi connectivity index (χ0v) is 14.6. The fourth-order valence-corrected chi connectivity index (χ4v) is 3.61. The highest BCUT2D eigenvalue weighted by atomic mass is 16.2. The van der Waals surface area contributed by atoms with Crippen LogP contribution in [0.4, 0.5) is 0 Å². The van der Waals surface area contributed by atoms with E-state index in [1.165, 1.54) is 0 Å². The summed E-state index contributed by atoms with van der Waals surface area (Å²) in [6.45, 7) is 0.675. The third kappa shape index (κ3) is 3.39. The van der Waals surface area contributed by atoms with Crippen LogP contribution in [0, 0.1) is 0 Å². The Kier molecular flexibility index (Phi) is 5.46. The predicted molar refractivity (Wildman–Crippen MR) is 94.3 cm³/mol. The number of carbonyl (C=O) groups is 4. The van der Waals surface area contributed by atoms with E-state index in [0.717, 1.165) is 36.1 Å². The van der Waals surface area contributed by atoms with E-state index in [2.05, 4.69) is 5.32 Å². The standard InChI is InChI=1S/C19H23N3O4/c20-11-4-2-1-3-6-12-7-5-8-13-16(12)19(26)22(18(13)25)14-9-10-15(23)21-17(14)24/h5,7-8,14H,1-4,6,9-11,20H2,(H,21,23,24). The Hall–Kier alpha value is -2.54. The van der Waals surface area contributed by atoms with Gasteiger partial charge in [0.25, 0.3) is 11.8 Å². The van der Waals surface area contributed by atoms with E-state index in [1.54, 1.807) is 12.1 Å². The van der Waals surface area contributed by atoms with E-state index in [0.29, 0.717) is 24.1 Å². The molecule has 2 heterocycles. The zero-order valence-electron chi connectivity index (χ0n) is 14.6. The Morgan fingerprint density at radius 1 is 1.04 bits per heavy atom. The number of nitrogens with two attached hydrogens (primary N) is 1. The van der Waals surface area contributed by atoms with Crippen LogP contribution in [-0.2, 0) is 16.0 Å². The molecule has 0 radical (unpaired) electrons. The molecule has 0 aliphatic carbocycles. The van der Waals surface area contributed by atoms with Gasteiger partial charge in [0.05, 0.1) is 11.1 Å². The van der Waals surface area contributed by atoms with Crippen LogP contribution in [-0.4, -0.2) is 41.1 Å². The number of nitrogens with zero attached hydrogens (tertiary/aromatic N) is 1. The summed E-state index contributed by atoms with van der Waals surface area (Å²) in [5, 5.41) is 2.21. The molecule has 26 heavy (non-hydrogen) atoms. The predicted octanol–water partition coefficient (Wildman–Crippen LogP) is 1.15. The maximum Gasteiger partial charge on any atom is 0.262 e. The molecule has 3 N–H and O–H groups in total. The number of hydrogen-bond donors (Lipinski definition) is 2. The molecule has 7 nitrogen and oxygen atoms in total. The lowest BCUT2D eigenvalue weighted by atomic mass is 9.97. The molecule has 4 amide bonds. The van der Waals surface area contributed by atoms with Gasteiger partial charge in [-0.15, -0.1) is 0 Å². The zero-order chi connectivity index (χ0) is 18.7. The minimum atomic E-state index is -0.919. The van der Waals surface area contributed by atoms with E-state index < -0.39 is 23.8 Å². The van der Waals surface area contributed by atoms with Gasteiger partial charge < -0.3 is 5.73 Å². The number of piperidine rings is 1. The monoisotopic (exact) mass is 357 g/mol. The van der Waals surface area contributed by atoms with E-state index in [-0.39, 0.29) is 18.7 Å². The molecule has 1 saturated heterocycles. The van der Waals surface area contributed by atoms with Crippen molar-refractivity contribution >= 4 is 23.6 Å². The lowest BCUT2D eigenvalue weighted by Gasteiger charge is -2.27. The van der Waals surface area contributed by atoms with Gasteiger partial charge in [-0.05, 0) is 43.9 Å². The van der Waals surface area contributed by atoms with Crippen LogP contribution in [0.3, 0.4) is 0 Å². The van der Waals surface area contributed by atoms with Gasteiger partial charge in [-0.25, -0.2) is 0 Å². The molecule has 3 rings (SSSR count). The second-order valence-electron chi connectivity index (χ2n) is 6.74. The summed E-state index contributed by atoms with van der Waals surface area (Å²) < 4.78 is 0. The first-order chi connectivity index (χ1) is 12.5. The van der Waals surface area contributed by atoms with Crippen molar-refractivity contribution in [2.24, 2.45) is 5.73 Å². The highest BCUT2D eigenvalue weighted by Crippen LogP contribution is 2.30. The van der Waals surface area contributed by atoms with Crippen LogP contribution >= 0.6 is 0 Å². The number of benzene rings is 1. The first kappa shape index (κ1) is 18.3. The number of unbranched alkanes of at least 4 members (excludes halogenated alkanes) is 3. The van der Waals surface area contributed by atoms with Gasteiger partial charge in [-0.2, -0.15) is 0 Å². The minimum Gasteiger partial charge on any atom is -0.330 e. The molecule has 138 valence electrons. The molecular weight excluding hydrogens is 334 g/mol. The number of fused-ring (bicyclic) bond motifs is 1. The van der Waals surface area contributed by atoms with Gasteiger partial charge in [0.15, 0.2) is 0 Å². The van der Waals surface area contributed by atoms with Gasteiger partial charge in [0, 0.05) is 6.42 Å². The maximum atomic E-state index is 12.9. The number of aryl methyl sites for hydroxylation is 1. The average Bonchev–Trinajstić information content (AvgIpc) is 2.87. The van der Waals surface area contributed by atoms with Crippen molar-refractivity contribution in [3.8, 4) is 0 Å². The number of rotatable bonds is 7. The van der Waals surface area contributed by atoms with E-state index in [9.17, 15) is 19.2 Å². The van der Waals surface area contributed by atoms with E-state index in [4.69, 9.17) is 5.73 Å². The molecule has 1 atom stereocenters. The lowest BCUT2D eigenvalue weighted by molar-refractivity contribution is -0.136. The second kappa shape index (κ2) is 7.78. The molecule has 1 fully saturated rings. The molecule has 0 spiro atoms. The molecule has 2 aliphatic rings. The summed E-state index contributed by atoms with van der Waals surface area (Å²) in [6.07, 6.45) is 4.95. The molecule has 7 heteroatoms. The summed E-state index contributed by atoms with van der Waals surface area (Å²) in [5.74, 6) is -1.85. The highest BCUT2D eigenvalue weighted by Gasteiger charge is 2.45. The van der Waals surface area contributed by atoms with Crippen LogP contribution in [0.1, 0.15) is 64.8 Å². The quantitative estimate of drug-likeness (QED) is 0.562. The van der Waals surface area contributed by atoms with Gasteiger partial charge >= 0.3 is 0 Å². The Bertz CT molecular complexity index is 759. The highest BCUT2D eigenvalue weighted by molar-refractivity contribution is 6.24. The van der Waals surface area contributed by atoms with Crippen molar-refractivity contribution in [2.45, 2.75) is 51.0 Å². The third-order valence-electron chi connectivity index (χ3n) is 4.95. The van der Waals surface area contributed by atoms with Crippen LogP contribution < -0.4 is 11.1 Å². The molecule has 0 aromatic heterocycles. The second-order valence-corrected chi connectivity index (χ2v) is 6.74. The Labute approximate surface area is 151 Å². The average molecular weight is 357 g/mol. The molecule has 1 unspecified atom stereocenters. The van der Waals surface area contributed by atoms with Crippen LogP contribution in [0.15, 0.2) is 18.2 Å². The lowest BCUT2D eigenvalue weighted by Crippen LogP contribution is -2.54. The smallest absolute Gasteiger partial charge is 0.262 e. The fourth-order valence-electron chi connectivity index (χ4n) is 3.61. The van der Waals surface area contributed by atoms with Crippen LogP contribution in [0.2, 0.25) is 0 Å². The molecular formula is C19H23N3O4. The van der Waals surface area contributed by atoms with Crippen molar-refractivity contribution in [2.75, 3.05) is 6.54 Å². The van der Waals surface area contributed by atoms with Gasteiger partial charge in [0.1, 0.15) is 6.04 Å². The minimum absolute atomic E-state index is 0.123. The molecule has 0 bridgehead atoms. The molecule has 0 saturated carbocycles. The summed E-state index contributed by atoms with van der Waals surface area (Å²) in [5.41, 5.74) is 7.08. The van der Waals surface area contributed by atoms with Crippen LogP contribution in [0.5, 0.6) is 0 Å². The number of amides is 4. The number of hydrogen-bond acceptors (Lipinski definition) is 5. The van der Waals surface area contributed by atoms with Gasteiger partial charge in [-0.1, -0.05) is 25.0 Å². The number of nitrogens with one attached hydrogen (secondary N) is 1. The topological polar surface area (TPSA) is 110 Å². The maximum absolute atomic E-state index is 12.9. The number of carbonyl (C=O) groups excluding carboxylic acids is 4. The normalized spacial score (nSPS) is 19.7. The summed E-state index contributed by atoms with van der Waals surface area (Å²) in [4.78, 5) is 50.1. The largest absolute Gasteiger partial charge is 0.330 e. The molecule has 2 aliphatic heterocycles. The van der Waals surface area contributed by atoms with Gasteiger partial charge in [-0.3, -0.25) is 29.4 Å². The molecule has 1 aromatic rings. The van der Waals surface area contributed by atoms with E-state index >= 15 is 0 Å². The van der Waals surface area contributed by atoms with Crippen molar-refractivity contribution in [3.05, 3.63) is 34.9 Å². The summed E-state index contributed by atoms with van der Waals surface area (Å²) in [6, 6.07) is 4.34. The fraction of sp³-hybridized carbons (Fsp3) is 0.474. The Morgan fingerprint density at radius 2 is 1.81 bits per heavy atom. The van der Waals surface area contributed by atoms with Crippen molar-refractivity contribution < 1.29 is 19.2 Å². The van der Waals surface area contributed by atoms with Crippen molar-refractivity contribution in [1.82, 2.24) is 10.2 Å². The molecule has 1 aromatic carbocycles. The van der Waals surface area contributed by atoms with Gasteiger partial charge in [0.2, 0.25) is 11.8 Å². The third-order valence-corrected chi connectivity index (χ3v) is 4.95. The Balaban J connectivity index is 1.78. The van der Waals surface area contributed by atoms with E-state index in [1.807, 2.05) is 6.07 Å². The first-order valence-electron chi connectivity index (χ1n) is 9.08. The Morgan fingerprint density at radius 3 is 2.54 bits per heavy atom.